The number of phenols is 2. The van der Waals surface area contributed by atoms with E-state index in [1.165, 1.54) is 33.4 Å². The smallest absolute Gasteiger partial charge is 0.506 e. The van der Waals surface area contributed by atoms with Gasteiger partial charge < -0.3 is 29.8 Å². The van der Waals surface area contributed by atoms with E-state index < -0.39 is 0 Å². The minimum atomic E-state index is 0. The largest absolute Gasteiger partial charge is 2.00 e. The number of hydrogen-bond donors (Lipinski definition) is 2. The van der Waals surface area contributed by atoms with Crippen LogP contribution in [-0.2, 0) is 21.1 Å². The Morgan fingerprint density at radius 1 is 0.440 bits per heavy atom. The standard InChI is InChI=1S/C43H38N4O2.Pt/c1-28-11-9-12-29(2)42(28)32-19-21-34-38(23-32)44(26-46(34)36-15-5-7-17-40(36)48)25-45-27-47(37-16-6-8-18-41(37)49)35-22-20-33(24-39(35)45)43-30(3)13-10-14-31(43)4;/h5-24,26-27,48-49H,25H2,1-4H3;/q-2;+2. The number of nitrogens with zero attached hydrogens (tertiary/aromatic N) is 4. The number of benzene rings is 6. The van der Waals surface area contributed by atoms with Crippen LogP contribution < -0.4 is 19.6 Å². The van der Waals surface area contributed by atoms with Crippen molar-refractivity contribution in [3.05, 3.63) is 157 Å². The fraction of sp³-hybridized carbons (Fsp3) is 0.116. The second kappa shape index (κ2) is 13.3. The van der Waals surface area contributed by atoms with Gasteiger partial charge in [0.1, 0.15) is 11.5 Å². The second-order valence-corrected chi connectivity index (χ2v) is 13.0. The van der Waals surface area contributed by atoms with Gasteiger partial charge in [0.25, 0.3) is 0 Å². The van der Waals surface area contributed by atoms with Crippen LogP contribution in [0.2, 0.25) is 0 Å². The molecule has 0 aromatic heterocycles. The van der Waals surface area contributed by atoms with Gasteiger partial charge in [0.2, 0.25) is 0 Å². The zero-order chi connectivity index (χ0) is 33.8. The predicted octanol–water partition coefficient (Wildman–Crippen LogP) is 10.5. The van der Waals surface area contributed by atoms with E-state index in [9.17, 15) is 10.2 Å². The summed E-state index contributed by atoms with van der Waals surface area (Å²) >= 11 is 0. The summed E-state index contributed by atoms with van der Waals surface area (Å²) in [7, 11) is 0. The van der Waals surface area contributed by atoms with Crippen molar-refractivity contribution in [2.75, 3.05) is 26.3 Å². The molecule has 8 rings (SSSR count). The first kappa shape index (κ1) is 33.3. The van der Waals surface area contributed by atoms with Crippen LogP contribution in [0.5, 0.6) is 11.5 Å². The summed E-state index contributed by atoms with van der Waals surface area (Å²) in [6.45, 7) is 13.3. The van der Waals surface area contributed by atoms with Gasteiger partial charge in [-0.05, 0) is 121 Å². The van der Waals surface area contributed by atoms with E-state index in [1.807, 2.05) is 36.4 Å². The Labute approximate surface area is 308 Å². The molecule has 6 aromatic rings. The van der Waals surface area contributed by atoms with Gasteiger partial charge in [-0.15, -0.1) is 13.3 Å². The van der Waals surface area contributed by atoms with Gasteiger partial charge in [0.15, 0.2) is 0 Å². The van der Waals surface area contributed by atoms with Crippen LogP contribution in [0.4, 0.5) is 34.1 Å². The minimum absolute atomic E-state index is 0. The molecular formula is C43H38N4O2Pt. The first-order valence-corrected chi connectivity index (χ1v) is 16.6. The Bertz CT molecular complexity index is 2040. The molecule has 0 bridgehead atoms. The number of hydrogen-bond acceptors (Lipinski definition) is 6. The number of fused-ring (bicyclic) bond motifs is 2. The first-order valence-electron chi connectivity index (χ1n) is 16.6. The van der Waals surface area contributed by atoms with E-state index in [-0.39, 0.29) is 32.6 Å². The van der Waals surface area contributed by atoms with E-state index in [2.05, 4.69) is 133 Å². The molecule has 50 heavy (non-hydrogen) atoms. The number of para-hydroxylation sites is 4. The van der Waals surface area contributed by atoms with Crippen LogP contribution in [0.3, 0.4) is 0 Å². The summed E-state index contributed by atoms with van der Waals surface area (Å²) in [5, 5.41) is 21.9. The van der Waals surface area contributed by atoms with Crippen molar-refractivity contribution in [2.24, 2.45) is 0 Å². The molecule has 7 heteroatoms. The molecule has 2 heterocycles. The number of rotatable bonds is 6. The molecule has 2 aliphatic heterocycles. The minimum Gasteiger partial charge on any atom is -0.506 e. The second-order valence-electron chi connectivity index (χ2n) is 13.0. The van der Waals surface area contributed by atoms with Crippen molar-refractivity contribution in [3.63, 3.8) is 0 Å². The summed E-state index contributed by atoms with van der Waals surface area (Å²) in [6, 6.07) is 40.9. The summed E-state index contributed by atoms with van der Waals surface area (Å²) in [4.78, 5) is 8.59. The fourth-order valence-electron chi connectivity index (χ4n) is 7.40. The van der Waals surface area contributed by atoms with Crippen LogP contribution >= 0.6 is 0 Å². The molecule has 0 aliphatic carbocycles. The van der Waals surface area contributed by atoms with E-state index in [0.29, 0.717) is 18.0 Å². The number of phenolic OH excluding ortho intramolecular Hbond substituents is 2. The maximum absolute atomic E-state index is 10.9. The van der Waals surface area contributed by atoms with E-state index in [1.54, 1.807) is 12.1 Å². The Morgan fingerprint density at radius 2 is 0.820 bits per heavy atom. The molecule has 6 aromatic carbocycles. The van der Waals surface area contributed by atoms with E-state index in [4.69, 9.17) is 0 Å². The Morgan fingerprint density at radius 3 is 1.20 bits per heavy atom. The quantitative estimate of drug-likeness (QED) is 0.163. The summed E-state index contributed by atoms with van der Waals surface area (Å²) in [5.41, 5.74) is 15.1. The Balaban J connectivity index is 0.00000392. The summed E-state index contributed by atoms with van der Waals surface area (Å²) < 4.78 is 0. The number of anilines is 6. The third-order valence-corrected chi connectivity index (χ3v) is 9.73. The van der Waals surface area contributed by atoms with Crippen molar-refractivity contribution in [1.82, 2.24) is 0 Å². The molecule has 6 nitrogen and oxygen atoms in total. The number of aromatic hydroxyl groups is 2. The molecule has 0 saturated carbocycles. The van der Waals surface area contributed by atoms with Crippen molar-refractivity contribution in [2.45, 2.75) is 27.7 Å². The molecule has 0 amide bonds. The van der Waals surface area contributed by atoms with Crippen molar-refractivity contribution < 1.29 is 31.3 Å². The average Bonchev–Trinajstić information content (AvgIpc) is 3.63. The molecule has 252 valence electrons. The third-order valence-electron chi connectivity index (χ3n) is 9.73. The zero-order valence-corrected chi connectivity index (χ0v) is 30.7. The van der Waals surface area contributed by atoms with Crippen molar-refractivity contribution in [3.8, 4) is 33.8 Å². The van der Waals surface area contributed by atoms with Gasteiger partial charge in [-0.25, -0.2) is 0 Å². The molecule has 0 radical (unpaired) electrons. The van der Waals surface area contributed by atoms with E-state index >= 15 is 0 Å². The molecule has 0 spiro atoms. The molecule has 0 unspecified atom stereocenters. The maximum atomic E-state index is 10.9. The van der Waals surface area contributed by atoms with Gasteiger partial charge in [-0.3, -0.25) is 0 Å². The Kier molecular flexibility index (Phi) is 8.83. The van der Waals surface area contributed by atoms with Crippen LogP contribution in [0.1, 0.15) is 22.3 Å². The van der Waals surface area contributed by atoms with Gasteiger partial charge >= 0.3 is 21.1 Å². The summed E-state index contributed by atoms with van der Waals surface area (Å²) in [5.74, 6) is 0.430. The van der Waals surface area contributed by atoms with Crippen LogP contribution in [0.15, 0.2) is 121 Å². The predicted molar refractivity (Wildman–Crippen MR) is 202 cm³/mol. The molecule has 0 fully saturated rings. The topological polar surface area (TPSA) is 53.4 Å². The van der Waals surface area contributed by atoms with Crippen LogP contribution in [0.25, 0.3) is 22.3 Å². The zero-order valence-electron chi connectivity index (χ0n) is 28.4. The van der Waals surface area contributed by atoms with Crippen LogP contribution in [-0.4, -0.2) is 16.9 Å². The van der Waals surface area contributed by atoms with Gasteiger partial charge in [0.05, 0.1) is 11.4 Å². The van der Waals surface area contributed by atoms with Crippen molar-refractivity contribution in [1.29, 1.82) is 0 Å². The molecule has 0 saturated heterocycles. The molecule has 0 atom stereocenters. The molecule has 2 aliphatic rings. The van der Waals surface area contributed by atoms with Gasteiger partial charge in [0, 0.05) is 29.4 Å². The number of aryl methyl sites for hydroxylation is 4. The van der Waals surface area contributed by atoms with Gasteiger partial charge in [-0.2, -0.15) is 0 Å². The summed E-state index contributed by atoms with van der Waals surface area (Å²) in [6.07, 6.45) is 0. The first-order chi connectivity index (χ1) is 23.8. The van der Waals surface area contributed by atoms with Crippen LogP contribution in [0, 0.1) is 41.0 Å². The monoisotopic (exact) mass is 837 g/mol. The normalized spacial score (nSPS) is 13.4. The third kappa shape index (κ3) is 5.68. The van der Waals surface area contributed by atoms with Gasteiger partial charge in [-0.1, -0.05) is 72.8 Å². The van der Waals surface area contributed by atoms with E-state index in [0.717, 1.165) is 33.9 Å². The maximum Gasteiger partial charge on any atom is 2.00 e. The molecular weight excluding hydrogens is 800 g/mol. The fourth-order valence-corrected chi connectivity index (χ4v) is 7.40. The SMILES string of the molecule is Cc1cccc(C)c1-c1ccc2c(c1)N(CN1[CH-]N(c3ccccc3O)c3ccc(-c4c(C)cccc4C)cc31)[CH-]N2c1ccccc1O.[Pt+2]. The average molecular weight is 838 g/mol. The Hall–Kier alpha value is -5.19. The van der Waals surface area contributed by atoms with Crippen molar-refractivity contribution >= 4 is 34.1 Å². The molecule has 2 N–H and O–H groups in total.